The molecule has 0 amide bonds. The maximum absolute atomic E-state index is 4.82. The third kappa shape index (κ3) is 5.29. The third-order valence-corrected chi connectivity index (χ3v) is 3.64. The largest absolute Gasteiger partial charge is 0.298 e. The van der Waals surface area contributed by atoms with E-state index in [0.29, 0.717) is 0 Å². The normalized spacial score (nSPS) is 11.5. The number of aryl methyl sites for hydroxylation is 1. The van der Waals surface area contributed by atoms with Crippen LogP contribution in [0, 0.1) is 6.92 Å². The maximum atomic E-state index is 4.82. The lowest BCUT2D eigenvalue weighted by Gasteiger charge is -2.20. The van der Waals surface area contributed by atoms with Crippen molar-refractivity contribution in [2.45, 2.75) is 47.7 Å². The van der Waals surface area contributed by atoms with E-state index in [0.717, 1.165) is 39.3 Å². The molecule has 0 unspecified atom stereocenters. The molecule has 1 rings (SSSR count). The second-order valence-electron chi connectivity index (χ2n) is 5.05. The molecule has 0 bridgehead atoms. The van der Waals surface area contributed by atoms with Gasteiger partial charge in [0, 0.05) is 13.1 Å². The minimum atomic E-state index is 0.958. The monoisotopic (exact) mass is 263 g/mol. The quantitative estimate of drug-likeness (QED) is 0.718. The van der Waals surface area contributed by atoms with Crippen LogP contribution in [-0.4, -0.2) is 41.0 Å². The maximum Gasteiger partial charge on any atom is 0.0550 e. The van der Waals surface area contributed by atoms with Crippen molar-refractivity contribution >= 4 is 0 Å². The van der Waals surface area contributed by atoms with E-state index in [1.54, 1.807) is 0 Å². The number of hydrogen-bond donors (Lipinski definition) is 0. The molecule has 0 atom stereocenters. The predicted octanol–water partition coefficient (Wildman–Crippen LogP) is 3.07. The summed E-state index contributed by atoms with van der Waals surface area (Å²) < 4.78 is 0. The van der Waals surface area contributed by atoms with Crippen LogP contribution in [0.3, 0.4) is 0 Å². The van der Waals surface area contributed by atoms with E-state index in [9.17, 15) is 0 Å². The Morgan fingerprint density at radius 3 is 1.47 bits per heavy atom. The summed E-state index contributed by atoms with van der Waals surface area (Å²) >= 11 is 0. The van der Waals surface area contributed by atoms with Crippen molar-refractivity contribution in [3.8, 4) is 0 Å². The van der Waals surface area contributed by atoms with Crippen molar-refractivity contribution in [1.29, 1.82) is 0 Å². The Morgan fingerprint density at radius 2 is 1.16 bits per heavy atom. The van der Waals surface area contributed by atoms with Gasteiger partial charge in [-0.25, -0.2) is 0 Å². The van der Waals surface area contributed by atoms with Crippen LogP contribution in [0.15, 0.2) is 12.1 Å². The van der Waals surface area contributed by atoms with Crippen molar-refractivity contribution in [2.75, 3.05) is 26.2 Å². The summed E-state index contributed by atoms with van der Waals surface area (Å²) in [7, 11) is 0. The van der Waals surface area contributed by atoms with Crippen molar-refractivity contribution in [3.63, 3.8) is 0 Å². The fourth-order valence-corrected chi connectivity index (χ4v) is 2.33. The van der Waals surface area contributed by atoms with Gasteiger partial charge in [-0.2, -0.15) is 0 Å². The van der Waals surface area contributed by atoms with Gasteiger partial charge in [0.15, 0.2) is 0 Å². The molecule has 1 heterocycles. The number of pyridine rings is 1. The number of rotatable bonds is 8. The van der Waals surface area contributed by atoms with Crippen LogP contribution in [0.4, 0.5) is 0 Å². The van der Waals surface area contributed by atoms with Gasteiger partial charge < -0.3 is 0 Å². The van der Waals surface area contributed by atoms with E-state index in [1.807, 2.05) is 0 Å². The van der Waals surface area contributed by atoms with E-state index in [1.165, 1.54) is 17.0 Å². The Kier molecular flexibility index (Phi) is 7.03. The molecule has 0 radical (unpaired) electrons. The fourth-order valence-electron chi connectivity index (χ4n) is 2.33. The Bertz CT molecular complexity index is 336. The van der Waals surface area contributed by atoms with E-state index >= 15 is 0 Å². The van der Waals surface area contributed by atoms with Crippen LogP contribution in [0.1, 0.15) is 44.6 Å². The van der Waals surface area contributed by atoms with Gasteiger partial charge in [0.25, 0.3) is 0 Å². The summed E-state index contributed by atoms with van der Waals surface area (Å²) in [6.07, 6.45) is 0. The van der Waals surface area contributed by atoms with Crippen LogP contribution in [-0.2, 0) is 13.1 Å². The zero-order valence-corrected chi connectivity index (χ0v) is 13.2. The van der Waals surface area contributed by atoms with Crippen molar-refractivity contribution < 1.29 is 0 Å². The lowest BCUT2D eigenvalue weighted by Crippen LogP contribution is -2.25. The van der Waals surface area contributed by atoms with Crippen molar-refractivity contribution in [3.05, 3.63) is 29.1 Å². The molecule has 0 saturated carbocycles. The van der Waals surface area contributed by atoms with Gasteiger partial charge >= 0.3 is 0 Å². The smallest absolute Gasteiger partial charge is 0.0550 e. The van der Waals surface area contributed by atoms with Crippen molar-refractivity contribution in [1.82, 2.24) is 14.8 Å². The topological polar surface area (TPSA) is 19.4 Å². The molecule has 0 fully saturated rings. The van der Waals surface area contributed by atoms with Gasteiger partial charge in [0.2, 0.25) is 0 Å². The van der Waals surface area contributed by atoms with Crippen LogP contribution >= 0.6 is 0 Å². The Balaban J connectivity index is 2.81. The highest BCUT2D eigenvalue weighted by Gasteiger charge is 2.07. The molecule has 0 N–H and O–H groups in total. The van der Waals surface area contributed by atoms with Gasteiger partial charge in [-0.1, -0.05) is 27.7 Å². The van der Waals surface area contributed by atoms with Crippen LogP contribution in [0.25, 0.3) is 0 Å². The number of nitrogens with zero attached hydrogens (tertiary/aromatic N) is 3. The first-order valence-corrected chi connectivity index (χ1v) is 7.53. The van der Waals surface area contributed by atoms with Crippen LogP contribution < -0.4 is 0 Å². The molecule has 1 aromatic rings. The first-order chi connectivity index (χ1) is 9.12. The lowest BCUT2D eigenvalue weighted by molar-refractivity contribution is 0.284. The van der Waals surface area contributed by atoms with Crippen molar-refractivity contribution in [2.24, 2.45) is 0 Å². The Hall–Kier alpha value is -0.930. The summed E-state index contributed by atoms with van der Waals surface area (Å²) in [5.41, 5.74) is 3.72. The summed E-state index contributed by atoms with van der Waals surface area (Å²) in [5.74, 6) is 0. The lowest BCUT2D eigenvalue weighted by atomic mass is 10.2. The Labute approximate surface area is 118 Å². The summed E-state index contributed by atoms with van der Waals surface area (Å²) in [5, 5.41) is 0. The van der Waals surface area contributed by atoms with Gasteiger partial charge in [0.1, 0.15) is 0 Å². The zero-order chi connectivity index (χ0) is 14.3. The summed E-state index contributed by atoms with van der Waals surface area (Å²) in [6.45, 7) is 17.2. The molecule has 3 nitrogen and oxygen atoms in total. The SMILES string of the molecule is CCN(CC)Cc1cc(C)cc(CN(CC)CC)n1. The molecule has 0 aliphatic rings. The minimum absolute atomic E-state index is 0.958. The molecule has 0 aliphatic heterocycles. The first kappa shape index (κ1) is 16.1. The first-order valence-electron chi connectivity index (χ1n) is 7.53. The van der Waals surface area contributed by atoms with Gasteiger partial charge in [-0.3, -0.25) is 14.8 Å². The van der Waals surface area contributed by atoms with E-state index in [4.69, 9.17) is 4.98 Å². The number of hydrogen-bond acceptors (Lipinski definition) is 3. The molecule has 19 heavy (non-hydrogen) atoms. The van der Waals surface area contributed by atoms with Gasteiger partial charge in [0.05, 0.1) is 11.4 Å². The molecule has 0 saturated heterocycles. The molecule has 0 aromatic carbocycles. The van der Waals surface area contributed by atoms with E-state index < -0.39 is 0 Å². The van der Waals surface area contributed by atoms with Gasteiger partial charge in [-0.05, 0) is 50.8 Å². The summed E-state index contributed by atoms with van der Waals surface area (Å²) in [4.78, 5) is 9.63. The zero-order valence-electron chi connectivity index (χ0n) is 13.2. The molecule has 1 aromatic heterocycles. The highest BCUT2D eigenvalue weighted by molar-refractivity contribution is 5.20. The molecular weight excluding hydrogens is 234 g/mol. The second-order valence-corrected chi connectivity index (χ2v) is 5.05. The molecular formula is C16H29N3. The molecule has 108 valence electrons. The molecule has 0 aliphatic carbocycles. The average molecular weight is 263 g/mol. The third-order valence-electron chi connectivity index (χ3n) is 3.64. The highest BCUT2D eigenvalue weighted by atomic mass is 15.1. The van der Waals surface area contributed by atoms with E-state index in [2.05, 4.69) is 56.6 Å². The second kappa shape index (κ2) is 8.28. The standard InChI is InChI=1S/C16H29N3/c1-6-18(7-2)12-15-10-14(5)11-16(17-15)13-19(8-3)9-4/h10-11H,6-9,12-13H2,1-5H3. The summed E-state index contributed by atoms with van der Waals surface area (Å²) in [6, 6.07) is 4.42. The fraction of sp³-hybridized carbons (Fsp3) is 0.688. The number of aromatic nitrogens is 1. The van der Waals surface area contributed by atoms with E-state index in [-0.39, 0.29) is 0 Å². The predicted molar refractivity (Wildman–Crippen MR) is 82.2 cm³/mol. The van der Waals surface area contributed by atoms with Crippen LogP contribution in [0.2, 0.25) is 0 Å². The average Bonchev–Trinajstić information content (AvgIpc) is 2.41. The Morgan fingerprint density at radius 1 is 0.789 bits per heavy atom. The minimum Gasteiger partial charge on any atom is -0.298 e. The highest BCUT2D eigenvalue weighted by Crippen LogP contribution is 2.10. The molecule has 3 heteroatoms. The van der Waals surface area contributed by atoms with Gasteiger partial charge in [-0.15, -0.1) is 0 Å². The van der Waals surface area contributed by atoms with Crippen LogP contribution in [0.5, 0.6) is 0 Å². The molecule has 0 spiro atoms.